The van der Waals surface area contributed by atoms with Gasteiger partial charge in [0.1, 0.15) is 0 Å². The molecule has 12 heavy (non-hydrogen) atoms. The smallest absolute Gasteiger partial charge is 0.338 e. The molecule has 0 saturated heterocycles. The van der Waals surface area contributed by atoms with E-state index in [1.807, 2.05) is 13.8 Å². The fourth-order valence-electron chi connectivity index (χ4n) is 1.14. The van der Waals surface area contributed by atoms with Crippen LogP contribution in [0.2, 0.25) is 6.55 Å². The van der Waals surface area contributed by atoms with Crippen molar-refractivity contribution in [3.8, 4) is 0 Å². The third-order valence-electron chi connectivity index (χ3n) is 1.67. The van der Waals surface area contributed by atoms with Crippen LogP contribution in [-0.2, 0) is 8.85 Å². The summed E-state index contributed by atoms with van der Waals surface area (Å²) in [6.45, 7) is 9.82. The van der Waals surface area contributed by atoms with Gasteiger partial charge in [0.05, 0.1) is 0 Å². The van der Waals surface area contributed by atoms with Gasteiger partial charge >= 0.3 is 8.56 Å². The molecule has 0 spiro atoms. The van der Waals surface area contributed by atoms with Crippen LogP contribution in [0.15, 0.2) is 0 Å². The first-order valence-electron chi connectivity index (χ1n) is 4.80. The van der Waals surface area contributed by atoms with Crippen molar-refractivity contribution in [3.05, 3.63) is 6.04 Å². The van der Waals surface area contributed by atoms with E-state index in [0.717, 1.165) is 19.6 Å². The minimum absolute atomic E-state index is 0.753. The Bertz CT molecular complexity index is 101. The van der Waals surface area contributed by atoms with Gasteiger partial charge in [-0.15, -0.1) is 0 Å². The molecule has 0 bridgehead atoms. The first-order valence-corrected chi connectivity index (χ1v) is 7.20. The van der Waals surface area contributed by atoms with Crippen LogP contribution >= 0.6 is 0 Å². The summed E-state index contributed by atoms with van der Waals surface area (Å²) in [5.74, 6) is 0. The molecule has 73 valence electrons. The van der Waals surface area contributed by atoms with Gasteiger partial charge in [-0.05, 0) is 26.8 Å². The van der Waals surface area contributed by atoms with Gasteiger partial charge in [-0.2, -0.15) is 0 Å². The molecule has 0 aromatic rings. The summed E-state index contributed by atoms with van der Waals surface area (Å²) >= 11 is 0. The molecule has 0 amide bonds. The maximum atomic E-state index is 5.63. The largest absolute Gasteiger partial charge is 0.394 e. The lowest BCUT2D eigenvalue weighted by Gasteiger charge is -2.25. The summed E-state index contributed by atoms with van der Waals surface area (Å²) in [6.07, 6.45) is 2.27. The van der Waals surface area contributed by atoms with E-state index in [4.69, 9.17) is 8.85 Å². The van der Waals surface area contributed by atoms with Gasteiger partial charge in [-0.3, -0.25) is 0 Å². The molecule has 0 atom stereocenters. The van der Waals surface area contributed by atoms with Gasteiger partial charge in [0.15, 0.2) is 0 Å². The number of hydrogen-bond donors (Lipinski definition) is 0. The first kappa shape index (κ1) is 12.1. The molecule has 0 fully saturated rings. The molecule has 2 nitrogen and oxygen atoms in total. The van der Waals surface area contributed by atoms with E-state index in [-0.39, 0.29) is 0 Å². The third kappa shape index (κ3) is 4.90. The van der Waals surface area contributed by atoms with E-state index >= 15 is 0 Å². The SMILES string of the molecule is CCC[CH][Si](C)(OCC)OCC. The highest BCUT2D eigenvalue weighted by molar-refractivity contribution is 6.69. The Hall–Kier alpha value is 0.137. The van der Waals surface area contributed by atoms with Gasteiger partial charge in [0, 0.05) is 19.3 Å². The summed E-state index contributed by atoms with van der Waals surface area (Å²) in [7, 11) is -1.90. The Labute approximate surface area is 77.5 Å². The van der Waals surface area contributed by atoms with Crippen LogP contribution in [0.5, 0.6) is 0 Å². The second-order valence-electron chi connectivity index (χ2n) is 2.87. The number of unbranched alkanes of at least 4 members (excludes halogenated alkanes) is 1. The predicted octanol–water partition coefficient (Wildman–Crippen LogP) is 2.67. The lowest BCUT2D eigenvalue weighted by Crippen LogP contribution is -2.39. The predicted molar refractivity (Wildman–Crippen MR) is 54.1 cm³/mol. The van der Waals surface area contributed by atoms with E-state index in [2.05, 4.69) is 19.5 Å². The van der Waals surface area contributed by atoms with Crippen molar-refractivity contribution in [3.63, 3.8) is 0 Å². The Morgan fingerprint density at radius 1 is 1.08 bits per heavy atom. The molecule has 0 heterocycles. The quantitative estimate of drug-likeness (QED) is 0.573. The van der Waals surface area contributed by atoms with E-state index in [1.54, 1.807) is 0 Å². The zero-order valence-electron chi connectivity index (χ0n) is 8.72. The summed E-state index contributed by atoms with van der Waals surface area (Å²) < 4.78 is 11.3. The van der Waals surface area contributed by atoms with E-state index in [9.17, 15) is 0 Å². The summed E-state index contributed by atoms with van der Waals surface area (Å²) in [4.78, 5) is 0. The molecule has 0 aliphatic carbocycles. The Balaban J connectivity index is 3.80. The van der Waals surface area contributed by atoms with Crippen molar-refractivity contribution < 1.29 is 8.85 Å². The average molecular weight is 189 g/mol. The summed E-state index contributed by atoms with van der Waals surface area (Å²) in [5.41, 5.74) is 0. The van der Waals surface area contributed by atoms with Crippen LogP contribution in [0.1, 0.15) is 33.6 Å². The lowest BCUT2D eigenvalue weighted by atomic mass is 10.4. The van der Waals surface area contributed by atoms with Crippen LogP contribution in [0.25, 0.3) is 0 Å². The Kier molecular flexibility index (Phi) is 6.71. The van der Waals surface area contributed by atoms with Crippen LogP contribution in [0.4, 0.5) is 0 Å². The topological polar surface area (TPSA) is 18.5 Å². The maximum absolute atomic E-state index is 5.63. The van der Waals surface area contributed by atoms with Gasteiger partial charge < -0.3 is 8.85 Å². The van der Waals surface area contributed by atoms with Gasteiger partial charge in [0.25, 0.3) is 0 Å². The van der Waals surface area contributed by atoms with Crippen molar-refractivity contribution >= 4 is 8.56 Å². The molecule has 0 N–H and O–H groups in total. The molecule has 0 rings (SSSR count). The Morgan fingerprint density at radius 3 is 1.92 bits per heavy atom. The molecule has 0 aromatic carbocycles. The summed E-state index contributed by atoms with van der Waals surface area (Å²) in [6, 6.07) is 2.24. The van der Waals surface area contributed by atoms with Crippen LogP contribution < -0.4 is 0 Å². The highest BCUT2D eigenvalue weighted by Gasteiger charge is 2.29. The zero-order valence-corrected chi connectivity index (χ0v) is 9.72. The van der Waals surface area contributed by atoms with Crippen LogP contribution in [0.3, 0.4) is 0 Å². The Morgan fingerprint density at radius 2 is 1.58 bits per heavy atom. The molecular weight excluding hydrogens is 168 g/mol. The molecule has 0 unspecified atom stereocenters. The summed E-state index contributed by atoms with van der Waals surface area (Å²) in [5, 5.41) is 0. The standard InChI is InChI=1S/C9H21O2Si/c1-5-8-9-12(4,10-6-2)11-7-3/h9H,5-8H2,1-4H3. The lowest BCUT2D eigenvalue weighted by molar-refractivity contribution is 0.195. The van der Waals surface area contributed by atoms with E-state index < -0.39 is 8.56 Å². The van der Waals surface area contributed by atoms with Crippen molar-refractivity contribution in [1.29, 1.82) is 0 Å². The van der Waals surface area contributed by atoms with Crippen molar-refractivity contribution in [2.75, 3.05) is 13.2 Å². The molecule has 3 heteroatoms. The zero-order chi connectivity index (χ0) is 9.45. The molecule has 0 aliphatic rings. The number of hydrogen-bond acceptors (Lipinski definition) is 2. The van der Waals surface area contributed by atoms with Crippen LogP contribution in [0, 0.1) is 6.04 Å². The van der Waals surface area contributed by atoms with Gasteiger partial charge in [0.2, 0.25) is 0 Å². The van der Waals surface area contributed by atoms with Crippen molar-refractivity contribution in [1.82, 2.24) is 0 Å². The fraction of sp³-hybridized carbons (Fsp3) is 0.889. The number of rotatable bonds is 7. The maximum Gasteiger partial charge on any atom is 0.338 e. The third-order valence-corrected chi connectivity index (χ3v) is 4.42. The molecular formula is C9H21O2Si. The highest BCUT2D eigenvalue weighted by Crippen LogP contribution is 2.14. The monoisotopic (exact) mass is 189 g/mol. The fourth-order valence-corrected chi connectivity index (χ4v) is 3.42. The molecule has 0 aliphatic heterocycles. The second kappa shape index (κ2) is 6.63. The van der Waals surface area contributed by atoms with Crippen LogP contribution in [-0.4, -0.2) is 21.8 Å². The molecule has 0 aromatic heterocycles. The van der Waals surface area contributed by atoms with E-state index in [0.29, 0.717) is 0 Å². The first-order chi connectivity index (χ1) is 5.68. The van der Waals surface area contributed by atoms with Gasteiger partial charge in [-0.25, -0.2) is 0 Å². The van der Waals surface area contributed by atoms with Gasteiger partial charge in [-0.1, -0.05) is 13.3 Å². The minimum atomic E-state index is -1.90. The van der Waals surface area contributed by atoms with Crippen molar-refractivity contribution in [2.45, 2.75) is 40.2 Å². The average Bonchev–Trinajstić information content (AvgIpc) is 2.02. The molecule has 0 saturated carbocycles. The van der Waals surface area contributed by atoms with E-state index in [1.165, 1.54) is 6.42 Å². The van der Waals surface area contributed by atoms with Crippen molar-refractivity contribution in [2.24, 2.45) is 0 Å². The minimum Gasteiger partial charge on any atom is -0.394 e. The normalized spacial score (nSPS) is 12.0. The highest BCUT2D eigenvalue weighted by atomic mass is 28.4. The second-order valence-corrected chi connectivity index (χ2v) is 5.89. The molecule has 1 radical (unpaired) electrons.